The largest absolute Gasteiger partial charge is 0.393 e. The molecule has 0 saturated carbocycles. The van der Waals surface area contributed by atoms with Gasteiger partial charge in [0.1, 0.15) is 0 Å². The molecule has 1 saturated heterocycles. The summed E-state index contributed by atoms with van der Waals surface area (Å²) in [7, 11) is 0. The Morgan fingerprint density at radius 1 is 1.23 bits per heavy atom. The molecule has 0 unspecified atom stereocenters. The van der Waals surface area contributed by atoms with E-state index >= 15 is 0 Å². The molecule has 3 heterocycles. The van der Waals surface area contributed by atoms with Crippen molar-refractivity contribution in [3.8, 4) is 0 Å². The number of anilines is 1. The van der Waals surface area contributed by atoms with Crippen LogP contribution in [0.3, 0.4) is 0 Å². The molecular weight excluding hydrogens is 368 g/mol. The van der Waals surface area contributed by atoms with Crippen molar-refractivity contribution in [1.29, 1.82) is 0 Å². The number of hydrogen-bond donors (Lipinski definition) is 1. The summed E-state index contributed by atoms with van der Waals surface area (Å²) in [5.74, 6) is 0. The van der Waals surface area contributed by atoms with Crippen LogP contribution in [0.5, 0.6) is 0 Å². The van der Waals surface area contributed by atoms with Crippen molar-refractivity contribution in [2.45, 2.75) is 52.1 Å². The topological polar surface area (TPSA) is 78.3 Å². The molecule has 7 nitrogen and oxygen atoms in total. The zero-order valence-corrected chi connectivity index (χ0v) is 17.0. The molecule has 1 aliphatic heterocycles. The zero-order valence-electron chi connectivity index (χ0n) is 15.4. The van der Waals surface area contributed by atoms with Gasteiger partial charge in [-0.3, -0.25) is 0 Å². The second-order valence-electron chi connectivity index (χ2n) is 7.35. The van der Waals surface area contributed by atoms with Crippen LogP contribution in [-0.4, -0.2) is 33.7 Å². The number of azo groups is 1. The number of aromatic nitrogens is 2. The van der Waals surface area contributed by atoms with Crippen LogP contribution in [0.15, 0.2) is 10.2 Å². The van der Waals surface area contributed by atoms with Crippen LogP contribution in [-0.2, 0) is 5.41 Å². The second kappa shape index (κ2) is 7.39. The molecule has 0 aliphatic carbocycles. The minimum Gasteiger partial charge on any atom is -0.393 e. The summed E-state index contributed by atoms with van der Waals surface area (Å²) in [6.07, 6.45) is 1.31. The Balaban J connectivity index is 1.92. The van der Waals surface area contributed by atoms with Gasteiger partial charge >= 0.3 is 0 Å². The maximum Gasteiger partial charge on any atom is 0.247 e. The van der Waals surface area contributed by atoms with Gasteiger partial charge in [-0.25, -0.2) is 14.2 Å². The van der Waals surface area contributed by atoms with Crippen LogP contribution < -0.4 is 4.90 Å². The predicted octanol–water partition coefficient (Wildman–Crippen LogP) is 5.13. The molecule has 138 valence electrons. The lowest BCUT2D eigenvalue weighted by Gasteiger charge is -2.29. The average molecular weight is 391 g/mol. The molecule has 2 aromatic rings. The number of hydrogen-bond acceptors (Lipinski definition) is 8. The summed E-state index contributed by atoms with van der Waals surface area (Å²) in [5.41, 5.74) is 1.89. The number of piperidine rings is 1. The Bertz CT molecular complexity index is 850. The SMILES string of the molecule is [C-]#[N+]c1c(C)nsc1N=Nc1sc(N2CCC(O)CC2)nc1C(C)(C)C. The molecule has 3 rings (SSSR count). The van der Waals surface area contributed by atoms with Crippen LogP contribution in [0.4, 0.5) is 20.8 Å². The monoisotopic (exact) mass is 390 g/mol. The molecule has 1 N–H and O–H groups in total. The van der Waals surface area contributed by atoms with Gasteiger partial charge in [0, 0.05) is 18.5 Å². The van der Waals surface area contributed by atoms with Gasteiger partial charge in [0.2, 0.25) is 5.69 Å². The van der Waals surface area contributed by atoms with Crippen LogP contribution in [0.1, 0.15) is 45.0 Å². The zero-order chi connectivity index (χ0) is 18.9. The van der Waals surface area contributed by atoms with E-state index in [0.717, 1.165) is 41.8 Å². The predicted molar refractivity (Wildman–Crippen MR) is 106 cm³/mol. The van der Waals surface area contributed by atoms with E-state index in [2.05, 4.69) is 45.1 Å². The fraction of sp³-hybridized carbons (Fsp3) is 0.588. The fourth-order valence-electron chi connectivity index (χ4n) is 2.69. The van der Waals surface area contributed by atoms with Crippen LogP contribution in [0.25, 0.3) is 4.85 Å². The normalized spacial score (nSPS) is 16.4. The molecule has 1 aliphatic rings. The van der Waals surface area contributed by atoms with Crippen LogP contribution in [0.2, 0.25) is 0 Å². The van der Waals surface area contributed by atoms with E-state index in [0.29, 0.717) is 16.4 Å². The van der Waals surface area contributed by atoms with Gasteiger partial charge in [0.25, 0.3) is 0 Å². The van der Waals surface area contributed by atoms with Gasteiger partial charge in [-0.15, -0.1) is 10.2 Å². The summed E-state index contributed by atoms with van der Waals surface area (Å²) in [5, 5.41) is 20.7. The van der Waals surface area contributed by atoms with Gasteiger partial charge in [-0.2, -0.15) is 0 Å². The lowest BCUT2D eigenvalue weighted by molar-refractivity contribution is 0.145. The van der Waals surface area contributed by atoms with Crippen molar-refractivity contribution < 1.29 is 5.11 Å². The summed E-state index contributed by atoms with van der Waals surface area (Å²) in [4.78, 5) is 10.5. The Morgan fingerprint density at radius 3 is 2.50 bits per heavy atom. The molecule has 0 radical (unpaired) electrons. The van der Waals surface area contributed by atoms with Gasteiger partial charge in [-0.05, 0) is 31.3 Å². The number of aliphatic hydroxyl groups excluding tert-OH is 1. The Labute approximate surface area is 161 Å². The molecule has 9 heteroatoms. The van der Waals surface area contributed by atoms with E-state index in [1.807, 2.05) is 0 Å². The van der Waals surface area contributed by atoms with Crippen molar-refractivity contribution in [2.75, 3.05) is 18.0 Å². The first-order chi connectivity index (χ1) is 12.3. The smallest absolute Gasteiger partial charge is 0.247 e. The first-order valence-electron chi connectivity index (χ1n) is 8.49. The highest BCUT2D eigenvalue weighted by molar-refractivity contribution is 7.19. The summed E-state index contributed by atoms with van der Waals surface area (Å²) >= 11 is 2.70. The minimum atomic E-state index is -0.214. The van der Waals surface area contributed by atoms with E-state index in [9.17, 15) is 5.11 Å². The Hall–Kier alpha value is -1.89. The molecule has 0 bridgehead atoms. The van der Waals surface area contributed by atoms with Crippen LogP contribution in [0, 0.1) is 13.5 Å². The number of nitrogens with zero attached hydrogens (tertiary/aromatic N) is 6. The lowest BCUT2D eigenvalue weighted by atomic mass is 9.93. The van der Waals surface area contributed by atoms with E-state index in [-0.39, 0.29) is 11.5 Å². The average Bonchev–Trinajstić information content (AvgIpc) is 3.16. The minimum absolute atomic E-state index is 0.162. The molecule has 2 aromatic heterocycles. The van der Waals surface area contributed by atoms with E-state index in [4.69, 9.17) is 11.6 Å². The summed E-state index contributed by atoms with van der Waals surface area (Å²) in [6.45, 7) is 17.0. The summed E-state index contributed by atoms with van der Waals surface area (Å²) < 4.78 is 4.19. The van der Waals surface area contributed by atoms with E-state index < -0.39 is 0 Å². The van der Waals surface area contributed by atoms with E-state index in [1.165, 1.54) is 22.9 Å². The van der Waals surface area contributed by atoms with Crippen molar-refractivity contribution in [1.82, 2.24) is 9.36 Å². The van der Waals surface area contributed by atoms with Gasteiger partial charge in [-0.1, -0.05) is 32.1 Å². The number of aryl methyl sites for hydroxylation is 1. The molecule has 0 aromatic carbocycles. The Morgan fingerprint density at radius 2 is 1.88 bits per heavy atom. The van der Waals surface area contributed by atoms with Crippen molar-refractivity contribution >= 4 is 43.7 Å². The summed E-state index contributed by atoms with van der Waals surface area (Å²) in [6, 6.07) is 0. The third kappa shape index (κ3) is 3.92. The maximum atomic E-state index is 9.72. The molecule has 0 spiro atoms. The van der Waals surface area contributed by atoms with Gasteiger partial charge < -0.3 is 10.0 Å². The standard InChI is InChI=1S/C17H22N6OS2/c1-10-12(18-5)14(26-22-10)20-21-15-13(17(2,3)4)19-16(25-15)23-8-6-11(24)7-9-23/h11,24H,6-9H2,1-4H3. The Kier molecular flexibility index (Phi) is 5.37. The van der Waals surface area contributed by atoms with Crippen molar-refractivity contribution in [2.24, 2.45) is 10.2 Å². The van der Waals surface area contributed by atoms with Gasteiger partial charge in [0.15, 0.2) is 15.1 Å². The highest BCUT2D eigenvalue weighted by Crippen LogP contribution is 2.43. The molecule has 0 atom stereocenters. The van der Waals surface area contributed by atoms with Gasteiger partial charge in [0.05, 0.1) is 24.1 Å². The molecule has 26 heavy (non-hydrogen) atoms. The quantitative estimate of drug-likeness (QED) is 0.582. The lowest BCUT2D eigenvalue weighted by Crippen LogP contribution is -2.35. The van der Waals surface area contributed by atoms with Crippen LogP contribution >= 0.6 is 22.9 Å². The highest BCUT2D eigenvalue weighted by Gasteiger charge is 2.27. The first-order valence-corrected chi connectivity index (χ1v) is 10.1. The molecular formula is C17H22N6OS2. The molecule has 1 fully saturated rings. The number of thiazole rings is 1. The second-order valence-corrected chi connectivity index (χ2v) is 9.06. The number of aliphatic hydroxyl groups is 1. The third-order valence-electron chi connectivity index (χ3n) is 4.20. The highest BCUT2D eigenvalue weighted by atomic mass is 32.1. The first kappa shape index (κ1) is 18.9. The third-order valence-corrected chi connectivity index (χ3v) is 6.01. The van der Waals surface area contributed by atoms with Crippen molar-refractivity contribution in [3.05, 3.63) is 22.8 Å². The molecule has 0 amide bonds. The number of rotatable bonds is 3. The van der Waals surface area contributed by atoms with E-state index in [1.54, 1.807) is 6.92 Å². The fourth-order valence-corrected chi connectivity index (χ4v) is 4.51. The maximum absolute atomic E-state index is 9.72. The van der Waals surface area contributed by atoms with Crippen molar-refractivity contribution in [3.63, 3.8) is 0 Å².